The summed E-state index contributed by atoms with van der Waals surface area (Å²) < 4.78 is 2.00. The molecule has 1 aromatic heterocycles. The number of aliphatic hydroxyl groups is 1. The summed E-state index contributed by atoms with van der Waals surface area (Å²) in [5, 5.41) is 16.7. The molecular weight excluding hydrogens is 190 g/mol. The Morgan fingerprint density at radius 1 is 1.47 bits per heavy atom. The van der Waals surface area contributed by atoms with Crippen molar-refractivity contribution in [1.29, 1.82) is 0 Å². The van der Waals surface area contributed by atoms with Gasteiger partial charge >= 0.3 is 0 Å². The molecule has 1 heterocycles. The lowest BCUT2D eigenvalue weighted by molar-refractivity contribution is 0.231. The maximum atomic E-state index is 9.11. The normalized spacial score (nSPS) is 13.1. The van der Waals surface area contributed by atoms with E-state index in [0.717, 1.165) is 25.1 Å². The number of hydrogen-bond acceptors (Lipinski definition) is 3. The fraction of sp³-hybridized carbons (Fsp3) is 0.727. The van der Waals surface area contributed by atoms with E-state index < -0.39 is 0 Å². The molecule has 1 aromatic rings. The summed E-state index contributed by atoms with van der Waals surface area (Å²) in [5.74, 6) is 0. The Labute approximate surface area is 91.3 Å². The van der Waals surface area contributed by atoms with Gasteiger partial charge in [-0.25, -0.2) is 0 Å². The minimum atomic E-state index is 0.0832. The second-order valence-corrected chi connectivity index (χ2v) is 3.68. The molecule has 0 spiro atoms. The molecule has 4 nitrogen and oxygen atoms in total. The number of aliphatic hydroxyl groups excluding tert-OH is 1. The largest absolute Gasteiger partial charge is 0.395 e. The molecule has 86 valence electrons. The highest BCUT2D eigenvalue weighted by molar-refractivity contribution is 5.10. The van der Waals surface area contributed by atoms with Gasteiger partial charge in [-0.05, 0) is 26.0 Å². The zero-order valence-electron chi connectivity index (χ0n) is 9.82. The zero-order valence-corrected chi connectivity index (χ0v) is 9.82. The summed E-state index contributed by atoms with van der Waals surface area (Å²) in [7, 11) is 1.86. The number of likely N-dealkylation sites (N-methyl/N-ethyl adjacent to an activating group) is 1. The topological polar surface area (TPSA) is 50.1 Å². The molecule has 0 aliphatic rings. The SMILES string of the molecule is CCc1cc(CC)n(CC(CO)NC)n1. The summed E-state index contributed by atoms with van der Waals surface area (Å²) in [6.07, 6.45) is 1.94. The first-order valence-corrected chi connectivity index (χ1v) is 5.58. The van der Waals surface area contributed by atoms with Gasteiger partial charge in [0.05, 0.1) is 18.8 Å². The zero-order chi connectivity index (χ0) is 11.3. The Kier molecular flexibility index (Phi) is 4.78. The average molecular weight is 211 g/mol. The second-order valence-electron chi connectivity index (χ2n) is 3.68. The van der Waals surface area contributed by atoms with Crippen LogP contribution in [0.1, 0.15) is 25.2 Å². The van der Waals surface area contributed by atoms with E-state index in [1.165, 1.54) is 5.69 Å². The summed E-state index contributed by atoms with van der Waals surface area (Å²) in [6.45, 7) is 5.10. The Morgan fingerprint density at radius 3 is 2.67 bits per heavy atom. The maximum absolute atomic E-state index is 9.11. The highest BCUT2D eigenvalue weighted by Crippen LogP contribution is 2.07. The van der Waals surface area contributed by atoms with E-state index in [1.807, 2.05) is 11.7 Å². The van der Waals surface area contributed by atoms with Crippen LogP contribution < -0.4 is 5.32 Å². The van der Waals surface area contributed by atoms with Gasteiger partial charge in [0.1, 0.15) is 0 Å². The third-order valence-corrected chi connectivity index (χ3v) is 2.66. The molecule has 1 rings (SSSR count). The molecule has 0 saturated heterocycles. The lowest BCUT2D eigenvalue weighted by atomic mass is 10.2. The van der Waals surface area contributed by atoms with Crippen LogP contribution in [0.5, 0.6) is 0 Å². The van der Waals surface area contributed by atoms with Crippen LogP contribution in [-0.2, 0) is 19.4 Å². The maximum Gasteiger partial charge on any atom is 0.0624 e. The van der Waals surface area contributed by atoms with Crippen LogP contribution in [0.4, 0.5) is 0 Å². The predicted molar refractivity (Wildman–Crippen MR) is 60.9 cm³/mol. The summed E-state index contributed by atoms with van der Waals surface area (Å²) >= 11 is 0. The Hall–Kier alpha value is -0.870. The quantitative estimate of drug-likeness (QED) is 0.724. The number of nitrogens with one attached hydrogen (secondary N) is 1. The van der Waals surface area contributed by atoms with E-state index in [1.54, 1.807) is 0 Å². The van der Waals surface area contributed by atoms with Gasteiger partial charge in [-0.2, -0.15) is 5.10 Å². The Balaban J connectivity index is 2.77. The fourth-order valence-corrected chi connectivity index (χ4v) is 1.58. The van der Waals surface area contributed by atoms with Crippen LogP contribution >= 0.6 is 0 Å². The molecule has 0 radical (unpaired) electrons. The van der Waals surface area contributed by atoms with Crippen LogP contribution in [0, 0.1) is 0 Å². The van der Waals surface area contributed by atoms with Crippen molar-refractivity contribution in [2.75, 3.05) is 13.7 Å². The van der Waals surface area contributed by atoms with E-state index in [0.29, 0.717) is 0 Å². The first-order valence-electron chi connectivity index (χ1n) is 5.58. The number of nitrogens with zero attached hydrogens (tertiary/aromatic N) is 2. The molecule has 0 fully saturated rings. The van der Waals surface area contributed by atoms with Crippen molar-refractivity contribution < 1.29 is 5.11 Å². The van der Waals surface area contributed by atoms with Crippen LogP contribution in [0.25, 0.3) is 0 Å². The smallest absolute Gasteiger partial charge is 0.0624 e. The van der Waals surface area contributed by atoms with E-state index in [-0.39, 0.29) is 12.6 Å². The van der Waals surface area contributed by atoms with Crippen molar-refractivity contribution in [2.24, 2.45) is 0 Å². The monoisotopic (exact) mass is 211 g/mol. The molecule has 2 N–H and O–H groups in total. The van der Waals surface area contributed by atoms with E-state index in [9.17, 15) is 0 Å². The first kappa shape index (κ1) is 12.2. The van der Waals surface area contributed by atoms with Gasteiger partial charge in [0.25, 0.3) is 0 Å². The number of aryl methyl sites for hydroxylation is 2. The van der Waals surface area contributed by atoms with Crippen LogP contribution in [0.2, 0.25) is 0 Å². The first-order chi connectivity index (χ1) is 7.24. The number of hydrogen-bond donors (Lipinski definition) is 2. The van der Waals surface area contributed by atoms with Crippen molar-refractivity contribution in [3.63, 3.8) is 0 Å². The molecule has 0 aromatic carbocycles. The van der Waals surface area contributed by atoms with Crippen molar-refractivity contribution in [3.8, 4) is 0 Å². The highest BCUT2D eigenvalue weighted by Gasteiger charge is 2.10. The second kappa shape index (κ2) is 5.88. The van der Waals surface area contributed by atoms with Crippen LogP contribution in [0.3, 0.4) is 0 Å². The molecule has 0 bridgehead atoms. The fourth-order valence-electron chi connectivity index (χ4n) is 1.58. The van der Waals surface area contributed by atoms with Crippen LogP contribution in [0.15, 0.2) is 6.07 Å². The number of rotatable bonds is 6. The van der Waals surface area contributed by atoms with Crippen molar-refractivity contribution in [1.82, 2.24) is 15.1 Å². The molecule has 0 saturated carbocycles. The van der Waals surface area contributed by atoms with Gasteiger partial charge in [-0.15, -0.1) is 0 Å². The predicted octanol–water partition coefficient (Wildman–Crippen LogP) is 0.588. The van der Waals surface area contributed by atoms with Gasteiger partial charge < -0.3 is 10.4 Å². The van der Waals surface area contributed by atoms with Crippen molar-refractivity contribution in [2.45, 2.75) is 39.3 Å². The standard InChI is InChI=1S/C11H21N3O/c1-4-9-6-11(5-2)14(13-9)7-10(8-15)12-3/h6,10,12,15H,4-5,7-8H2,1-3H3. The van der Waals surface area contributed by atoms with Gasteiger partial charge in [-0.3, -0.25) is 4.68 Å². The summed E-state index contributed by atoms with van der Waals surface area (Å²) in [4.78, 5) is 0. The third kappa shape index (κ3) is 3.04. The van der Waals surface area contributed by atoms with E-state index >= 15 is 0 Å². The Morgan fingerprint density at radius 2 is 2.20 bits per heavy atom. The average Bonchev–Trinajstić information content (AvgIpc) is 2.68. The summed E-state index contributed by atoms with van der Waals surface area (Å²) in [6, 6.07) is 2.23. The van der Waals surface area contributed by atoms with Gasteiger partial charge in [0.2, 0.25) is 0 Å². The Bertz CT molecular complexity index is 292. The van der Waals surface area contributed by atoms with Crippen molar-refractivity contribution in [3.05, 3.63) is 17.5 Å². The molecule has 0 amide bonds. The molecular formula is C11H21N3O. The van der Waals surface area contributed by atoms with E-state index in [4.69, 9.17) is 5.11 Å². The third-order valence-electron chi connectivity index (χ3n) is 2.66. The highest BCUT2D eigenvalue weighted by atomic mass is 16.3. The lowest BCUT2D eigenvalue weighted by Gasteiger charge is -2.14. The molecule has 0 aliphatic heterocycles. The lowest BCUT2D eigenvalue weighted by Crippen LogP contribution is -2.34. The minimum absolute atomic E-state index is 0.0832. The van der Waals surface area contributed by atoms with Gasteiger partial charge in [-0.1, -0.05) is 13.8 Å². The molecule has 15 heavy (non-hydrogen) atoms. The summed E-state index contributed by atoms with van der Waals surface area (Å²) in [5.41, 5.74) is 2.36. The van der Waals surface area contributed by atoms with Crippen LogP contribution in [-0.4, -0.2) is 34.6 Å². The molecule has 1 atom stereocenters. The van der Waals surface area contributed by atoms with E-state index in [2.05, 4.69) is 30.3 Å². The van der Waals surface area contributed by atoms with Crippen molar-refractivity contribution >= 4 is 0 Å². The minimum Gasteiger partial charge on any atom is -0.395 e. The van der Waals surface area contributed by atoms with Gasteiger partial charge in [0, 0.05) is 11.7 Å². The molecule has 4 heteroatoms. The van der Waals surface area contributed by atoms with Gasteiger partial charge in [0.15, 0.2) is 0 Å². The number of aromatic nitrogens is 2. The molecule has 1 unspecified atom stereocenters. The molecule has 0 aliphatic carbocycles.